The minimum atomic E-state index is -3.11. The molecule has 0 unspecified atom stereocenters. The molecule has 0 radical (unpaired) electrons. The molecule has 0 aliphatic rings. The van der Waals surface area contributed by atoms with Crippen molar-refractivity contribution in [2.75, 3.05) is 11.5 Å². The van der Waals surface area contributed by atoms with E-state index >= 15 is 0 Å². The van der Waals surface area contributed by atoms with E-state index in [4.69, 9.17) is 13.3 Å². The third-order valence-electron chi connectivity index (χ3n) is 0.880. The predicted octanol–water partition coefficient (Wildman–Crippen LogP) is -6.56. The Balaban J connectivity index is -0.0000000600. The fraction of sp³-hybridized carbons (Fsp3) is 1.00. The number of sulfone groups is 1. The second-order valence-electron chi connectivity index (χ2n) is 1.53. The predicted molar refractivity (Wildman–Crippen MR) is 39.7 cm³/mol. The summed E-state index contributed by atoms with van der Waals surface area (Å²) in [5.74, 6) is 0.535. The summed E-state index contributed by atoms with van der Waals surface area (Å²) in [5, 5.41) is 0. The topological polar surface area (TPSA) is 97.3 Å². The maximum atomic E-state index is 10.4. The Kier molecular flexibility index (Phi) is 26.2. The van der Waals surface area contributed by atoms with Gasteiger partial charge in [0, 0.05) is 11.5 Å². The summed E-state index contributed by atoms with van der Waals surface area (Å²) in [7, 11) is -2.66. The van der Waals surface area contributed by atoms with Crippen molar-refractivity contribution in [3.05, 3.63) is 0 Å². The first-order valence-corrected chi connectivity index (χ1v) is 5.65. The van der Waals surface area contributed by atoms with Gasteiger partial charge in [-0.15, -0.1) is 11.4 Å². The molecule has 0 rings (SSSR count). The van der Waals surface area contributed by atoms with Crippen LogP contribution in [-0.2, 0) is 21.2 Å². The van der Waals surface area contributed by atoms with E-state index < -0.39 is 21.2 Å². The van der Waals surface area contributed by atoms with Crippen LogP contribution in [0.15, 0.2) is 0 Å². The van der Waals surface area contributed by atoms with Crippen LogP contribution in [0.5, 0.6) is 0 Å². The number of hydrogen-bond donors (Lipinski definition) is 0. The van der Waals surface area contributed by atoms with Crippen LogP contribution >= 0.6 is 0 Å². The molecule has 0 amide bonds. The van der Waals surface area contributed by atoms with E-state index in [0.717, 1.165) is 0 Å². The molecule has 13 heavy (non-hydrogen) atoms. The molecular weight excluding hydrogens is 238 g/mol. The zero-order valence-electron chi connectivity index (χ0n) is 8.27. The van der Waals surface area contributed by atoms with Crippen molar-refractivity contribution in [3.8, 4) is 0 Å². The van der Waals surface area contributed by atoms with Gasteiger partial charge in [-0.25, -0.2) is 8.42 Å². The van der Waals surface area contributed by atoms with Crippen molar-refractivity contribution in [2.45, 2.75) is 13.8 Å². The van der Waals surface area contributed by atoms with Gasteiger partial charge in [0.15, 0.2) is 0 Å². The molecule has 0 saturated heterocycles. The van der Waals surface area contributed by atoms with Gasteiger partial charge >= 0.3 is 59.1 Å². The monoisotopic (exact) mass is 248 g/mol. The molecule has 0 heterocycles. The second kappa shape index (κ2) is 14.0. The fourth-order valence-electron chi connectivity index (χ4n) is 0.204. The summed E-state index contributed by atoms with van der Waals surface area (Å²) in [6.45, 7) is 3.30. The third kappa shape index (κ3) is 31.5. The SMILES string of the molecule is CCS(=O)(=O)CC.O=S([O-])[O-].[Na+].[Na+]. The van der Waals surface area contributed by atoms with Crippen LogP contribution in [0.4, 0.5) is 0 Å². The molecule has 0 N–H and O–H groups in total. The summed E-state index contributed by atoms with van der Waals surface area (Å²) < 4.78 is 46.1. The molecule has 9 heteroatoms. The Morgan fingerprint density at radius 1 is 1.08 bits per heavy atom. The van der Waals surface area contributed by atoms with E-state index in [1.54, 1.807) is 13.8 Å². The Labute approximate surface area is 126 Å². The van der Waals surface area contributed by atoms with Gasteiger partial charge in [0.2, 0.25) is 0 Å². The van der Waals surface area contributed by atoms with Gasteiger partial charge in [-0.1, -0.05) is 13.8 Å². The molecule has 0 aromatic carbocycles. The third-order valence-corrected chi connectivity index (χ3v) is 2.64. The van der Waals surface area contributed by atoms with E-state index in [1.165, 1.54) is 0 Å². The largest absolute Gasteiger partial charge is 1.00 e. The standard InChI is InChI=1S/C4H10O2S.2Na.H2O3S/c1-3-7(5,6)4-2;;;1-4(2)3/h3-4H2,1-2H3;;;(H2,1,2,3)/q;2*+1;/p-2. The molecule has 0 aromatic heterocycles. The smallest absolute Gasteiger partial charge is 0.784 e. The minimum Gasteiger partial charge on any atom is -0.784 e. The van der Waals surface area contributed by atoms with Gasteiger partial charge in [-0.2, -0.15) is 0 Å². The average molecular weight is 248 g/mol. The molecular formula is C4H10Na2O5S2. The first kappa shape index (κ1) is 24.3. The van der Waals surface area contributed by atoms with Crippen molar-refractivity contribution >= 4 is 21.2 Å². The first-order valence-electron chi connectivity index (χ1n) is 2.82. The Morgan fingerprint density at radius 2 is 1.23 bits per heavy atom. The zero-order valence-corrected chi connectivity index (χ0v) is 13.9. The van der Waals surface area contributed by atoms with Crippen molar-refractivity contribution < 1.29 is 80.8 Å². The normalized spacial score (nSPS) is 9.00. The molecule has 0 fully saturated rings. The van der Waals surface area contributed by atoms with Gasteiger partial charge in [0.05, 0.1) is 0 Å². The Morgan fingerprint density at radius 3 is 1.23 bits per heavy atom. The Hall–Kier alpha value is 2.02. The molecule has 70 valence electrons. The van der Waals surface area contributed by atoms with Crippen molar-refractivity contribution in [2.24, 2.45) is 0 Å². The molecule has 0 atom stereocenters. The molecule has 0 aliphatic carbocycles. The molecule has 0 bridgehead atoms. The van der Waals surface area contributed by atoms with E-state index in [9.17, 15) is 8.42 Å². The van der Waals surface area contributed by atoms with Crippen LogP contribution in [-0.4, -0.2) is 33.2 Å². The number of rotatable bonds is 2. The van der Waals surface area contributed by atoms with Crippen LogP contribution in [0.1, 0.15) is 13.8 Å². The van der Waals surface area contributed by atoms with Gasteiger partial charge in [-0.05, 0) is 0 Å². The molecule has 0 saturated carbocycles. The fourth-order valence-corrected chi connectivity index (χ4v) is 0.612. The molecule has 5 nitrogen and oxygen atoms in total. The first-order chi connectivity index (χ1) is 4.85. The maximum absolute atomic E-state index is 10.4. The molecule has 0 spiro atoms. The average Bonchev–Trinajstić information content (AvgIpc) is 1.87. The van der Waals surface area contributed by atoms with Gasteiger partial charge < -0.3 is 9.11 Å². The minimum absolute atomic E-state index is 0. The summed E-state index contributed by atoms with van der Waals surface area (Å²) in [6.07, 6.45) is 0. The van der Waals surface area contributed by atoms with Crippen molar-refractivity contribution in [1.82, 2.24) is 0 Å². The van der Waals surface area contributed by atoms with Crippen molar-refractivity contribution in [3.63, 3.8) is 0 Å². The van der Waals surface area contributed by atoms with Crippen LogP contribution < -0.4 is 59.1 Å². The second-order valence-corrected chi connectivity index (χ2v) is 4.58. The van der Waals surface area contributed by atoms with E-state index in [0.29, 0.717) is 0 Å². The van der Waals surface area contributed by atoms with Crippen LogP contribution in [0.2, 0.25) is 0 Å². The number of hydrogen-bond acceptors (Lipinski definition) is 5. The van der Waals surface area contributed by atoms with Crippen LogP contribution in [0.3, 0.4) is 0 Å². The van der Waals surface area contributed by atoms with E-state index in [2.05, 4.69) is 0 Å². The zero-order chi connectivity index (χ0) is 9.49. The van der Waals surface area contributed by atoms with Gasteiger partial charge in [-0.3, -0.25) is 4.21 Å². The van der Waals surface area contributed by atoms with Gasteiger partial charge in [0.1, 0.15) is 9.84 Å². The van der Waals surface area contributed by atoms with Crippen molar-refractivity contribution in [1.29, 1.82) is 0 Å². The van der Waals surface area contributed by atoms with E-state index in [1.807, 2.05) is 0 Å². The molecule has 0 aliphatic heterocycles. The summed E-state index contributed by atoms with van der Waals surface area (Å²) in [6, 6.07) is 0. The van der Waals surface area contributed by atoms with Crippen LogP contribution in [0, 0.1) is 0 Å². The summed E-state index contributed by atoms with van der Waals surface area (Å²) in [5.41, 5.74) is 0. The maximum Gasteiger partial charge on any atom is 1.00 e. The van der Waals surface area contributed by atoms with Gasteiger partial charge in [0.25, 0.3) is 0 Å². The quantitative estimate of drug-likeness (QED) is 0.357. The van der Waals surface area contributed by atoms with Crippen LogP contribution in [0.25, 0.3) is 0 Å². The van der Waals surface area contributed by atoms with E-state index in [-0.39, 0.29) is 70.6 Å². The summed E-state index contributed by atoms with van der Waals surface area (Å²) in [4.78, 5) is 0. The molecule has 0 aromatic rings. The Bertz CT molecular complexity index is 189. The summed E-state index contributed by atoms with van der Waals surface area (Å²) >= 11 is -3.11.